The fourth-order valence-corrected chi connectivity index (χ4v) is 4.29. The van der Waals surface area contributed by atoms with Crippen molar-refractivity contribution in [1.82, 2.24) is 15.5 Å². The third-order valence-electron chi connectivity index (χ3n) is 4.25. The second kappa shape index (κ2) is 9.40. The molecule has 28 heavy (non-hydrogen) atoms. The maximum atomic E-state index is 12.8. The summed E-state index contributed by atoms with van der Waals surface area (Å²) in [5.74, 6) is -0.569. The van der Waals surface area contributed by atoms with E-state index in [0.29, 0.717) is 15.0 Å². The van der Waals surface area contributed by atoms with Crippen LogP contribution in [-0.4, -0.2) is 28.1 Å². The summed E-state index contributed by atoms with van der Waals surface area (Å²) in [7, 11) is 0. The number of nitrogens with zero attached hydrogens (tertiary/aromatic N) is 2. The van der Waals surface area contributed by atoms with Gasteiger partial charge in [-0.2, -0.15) is 0 Å². The number of hydrogen-bond donors (Lipinski definition) is 2. The summed E-state index contributed by atoms with van der Waals surface area (Å²) in [5.41, 5.74) is 0.914. The Hall–Kier alpha value is -2.10. The lowest BCUT2D eigenvalue weighted by molar-refractivity contribution is -0.119. The fraction of sp³-hybridized carbons (Fsp3) is 0.263. The van der Waals surface area contributed by atoms with Crippen molar-refractivity contribution in [3.05, 3.63) is 51.1 Å². The number of hydrogen-bond acceptors (Lipinski definition) is 6. The highest BCUT2D eigenvalue weighted by atomic mass is 79.9. The van der Waals surface area contributed by atoms with Gasteiger partial charge in [0.25, 0.3) is 5.91 Å². The Kier molecular flexibility index (Phi) is 6.93. The molecular formula is C19H19BrN4O2S2. The normalized spacial score (nSPS) is 13.0. The third-order valence-corrected chi connectivity index (χ3v) is 6.50. The van der Waals surface area contributed by atoms with Gasteiger partial charge in [-0.05, 0) is 29.5 Å². The minimum atomic E-state index is -0.655. The van der Waals surface area contributed by atoms with Gasteiger partial charge >= 0.3 is 0 Å². The molecule has 0 radical (unpaired) electrons. The van der Waals surface area contributed by atoms with Crippen molar-refractivity contribution in [1.29, 1.82) is 0 Å². The van der Waals surface area contributed by atoms with Gasteiger partial charge in [0.2, 0.25) is 11.0 Å². The van der Waals surface area contributed by atoms with Crippen LogP contribution in [0.5, 0.6) is 0 Å². The van der Waals surface area contributed by atoms with Gasteiger partial charge < -0.3 is 5.32 Å². The largest absolute Gasteiger partial charge is 0.339 e. The van der Waals surface area contributed by atoms with Crippen LogP contribution in [0, 0.1) is 5.92 Å². The molecule has 0 saturated carbocycles. The maximum absolute atomic E-state index is 12.8. The lowest BCUT2D eigenvalue weighted by Gasteiger charge is -2.22. The van der Waals surface area contributed by atoms with E-state index < -0.39 is 6.04 Å². The number of rotatable bonds is 7. The van der Waals surface area contributed by atoms with E-state index >= 15 is 0 Å². The number of benzene rings is 1. The second-order valence-electron chi connectivity index (χ2n) is 6.23. The Morgan fingerprint density at radius 2 is 2.04 bits per heavy atom. The van der Waals surface area contributed by atoms with Crippen molar-refractivity contribution in [2.75, 3.05) is 5.32 Å². The highest BCUT2D eigenvalue weighted by Crippen LogP contribution is 2.28. The van der Waals surface area contributed by atoms with Crippen molar-refractivity contribution in [3.63, 3.8) is 0 Å². The molecule has 0 fully saturated rings. The molecule has 6 nitrogen and oxygen atoms in total. The summed E-state index contributed by atoms with van der Waals surface area (Å²) >= 11 is 6.07. The van der Waals surface area contributed by atoms with Crippen LogP contribution in [0.3, 0.4) is 0 Å². The first-order valence-electron chi connectivity index (χ1n) is 8.72. The van der Waals surface area contributed by atoms with Crippen molar-refractivity contribution in [3.8, 4) is 10.6 Å². The molecule has 2 aromatic heterocycles. The van der Waals surface area contributed by atoms with Crippen LogP contribution in [0.4, 0.5) is 5.13 Å². The number of halogens is 1. The molecule has 3 rings (SSSR count). The fourth-order valence-electron chi connectivity index (χ4n) is 2.52. The van der Waals surface area contributed by atoms with Gasteiger partial charge in [-0.3, -0.25) is 14.9 Å². The molecule has 0 aliphatic heterocycles. The summed E-state index contributed by atoms with van der Waals surface area (Å²) in [4.78, 5) is 25.8. The number of amides is 2. The first kappa shape index (κ1) is 20.6. The first-order chi connectivity index (χ1) is 13.5. The number of aromatic nitrogens is 2. The Morgan fingerprint density at radius 1 is 1.21 bits per heavy atom. The molecule has 0 saturated heterocycles. The van der Waals surface area contributed by atoms with Crippen LogP contribution < -0.4 is 10.6 Å². The van der Waals surface area contributed by atoms with Crippen LogP contribution in [0.1, 0.15) is 29.9 Å². The lowest BCUT2D eigenvalue weighted by atomic mass is 9.98. The predicted molar refractivity (Wildman–Crippen MR) is 117 cm³/mol. The topological polar surface area (TPSA) is 84.0 Å². The van der Waals surface area contributed by atoms with Crippen molar-refractivity contribution >= 4 is 55.5 Å². The molecule has 0 aliphatic carbocycles. The van der Waals surface area contributed by atoms with Crippen LogP contribution in [0.25, 0.3) is 10.6 Å². The van der Waals surface area contributed by atoms with Gasteiger partial charge in [0.1, 0.15) is 11.0 Å². The number of thiophene rings is 1. The quantitative estimate of drug-likeness (QED) is 0.509. The molecule has 1 aromatic carbocycles. The van der Waals surface area contributed by atoms with Crippen molar-refractivity contribution < 1.29 is 9.59 Å². The number of carbonyl (C=O) groups is 2. The standard InChI is InChI=1S/C19H19BrN4O2S2/c1-3-11(2)15(21-16(25)14-8-5-9-27-14)17(26)22-19-24-23-18(28-19)12-6-4-7-13(20)10-12/h4-11,15H,3H2,1-2H3,(H,21,25)(H,22,24,26)/t11-,15-/m0/s1. The van der Waals surface area contributed by atoms with Gasteiger partial charge in [0.05, 0.1) is 4.88 Å². The van der Waals surface area contributed by atoms with Crippen LogP contribution in [0.15, 0.2) is 46.3 Å². The molecule has 146 valence electrons. The molecule has 9 heteroatoms. The SMILES string of the molecule is CC[C@H](C)[C@H](NC(=O)c1cccs1)C(=O)Nc1nnc(-c2cccc(Br)c2)s1. The molecule has 0 bridgehead atoms. The van der Waals surface area contributed by atoms with Gasteiger partial charge in [-0.25, -0.2) is 0 Å². The summed E-state index contributed by atoms with van der Waals surface area (Å²) in [5, 5.41) is 16.8. The number of carbonyl (C=O) groups excluding carboxylic acids is 2. The van der Waals surface area contributed by atoms with E-state index in [2.05, 4.69) is 36.8 Å². The molecule has 2 heterocycles. The zero-order valence-electron chi connectivity index (χ0n) is 15.3. The highest BCUT2D eigenvalue weighted by Gasteiger charge is 2.27. The molecule has 3 aromatic rings. The minimum Gasteiger partial charge on any atom is -0.339 e. The van der Waals surface area contributed by atoms with E-state index in [0.717, 1.165) is 16.5 Å². The third kappa shape index (κ3) is 5.03. The highest BCUT2D eigenvalue weighted by molar-refractivity contribution is 9.10. The smallest absolute Gasteiger partial charge is 0.262 e. The molecule has 2 amide bonds. The van der Waals surface area contributed by atoms with Crippen molar-refractivity contribution in [2.45, 2.75) is 26.3 Å². The summed E-state index contributed by atoms with van der Waals surface area (Å²) in [6, 6.07) is 10.6. The van der Waals surface area contributed by atoms with Gasteiger partial charge in [0.15, 0.2) is 0 Å². The van der Waals surface area contributed by atoms with Gasteiger partial charge in [-0.15, -0.1) is 21.5 Å². The predicted octanol–water partition coefficient (Wildman–Crippen LogP) is 4.81. The van der Waals surface area contributed by atoms with E-state index in [4.69, 9.17) is 0 Å². The molecule has 2 atom stereocenters. The maximum Gasteiger partial charge on any atom is 0.262 e. The summed E-state index contributed by atoms with van der Waals surface area (Å²) < 4.78 is 0.943. The second-order valence-corrected chi connectivity index (χ2v) is 9.07. The monoisotopic (exact) mass is 478 g/mol. The van der Waals surface area contributed by atoms with Gasteiger partial charge in [0, 0.05) is 10.0 Å². The van der Waals surface area contributed by atoms with E-state index in [1.165, 1.54) is 22.7 Å². The van der Waals surface area contributed by atoms with Crippen LogP contribution in [-0.2, 0) is 4.79 Å². The molecule has 0 spiro atoms. The zero-order chi connectivity index (χ0) is 20.1. The first-order valence-corrected chi connectivity index (χ1v) is 11.2. The average molecular weight is 479 g/mol. The molecule has 0 unspecified atom stereocenters. The summed E-state index contributed by atoms with van der Waals surface area (Å²) in [6.07, 6.45) is 0.752. The van der Waals surface area contributed by atoms with E-state index in [9.17, 15) is 9.59 Å². The Labute approximate surface area is 179 Å². The van der Waals surface area contributed by atoms with E-state index in [1.54, 1.807) is 6.07 Å². The molecule has 0 aliphatic rings. The Balaban J connectivity index is 1.72. The van der Waals surface area contributed by atoms with Crippen LogP contribution in [0.2, 0.25) is 0 Å². The molecular weight excluding hydrogens is 460 g/mol. The average Bonchev–Trinajstić information content (AvgIpc) is 3.37. The van der Waals surface area contributed by atoms with Crippen LogP contribution >= 0.6 is 38.6 Å². The van der Waals surface area contributed by atoms with Gasteiger partial charge in [-0.1, -0.05) is 65.7 Å². The Bertz CT molecular complexity index is 959. The lowest BCUT2D eigenvalue weighted by Crippen LogP contribution is -2.47. The van der Waals surface area contributed by atoms with E-state index in [-0.39, 0.29) is 17.7 Å². The summed E-state index contributed by atoms with van der Waals surface area (Å²) in [6.45, 7) is 3.92. The number of nitrogens with one attached hydrogen (secondary N) is 2. The van der Waals surface area contributed by atoms with E-state index in [1.807, 2.05) is 49.6 Å². The Morgan fingerprint density at radius 3 is 2.71 bits per heavy atom. The minimum absolute atomic E-state index is 0.0265. The zero-order valence-corrected chi connectivity index (χ0v) is 18.5. The van der Waals surface area contributed by atoms with Crippen molar-refractivity contribution in [2.24, 2.45) is 5.92 Å². The number of anilines is 1. The molecule has 2 N–H and O–H groups in total.